The number of hydrogen-bond donors (Lipinski definition) is 0. The molecule has 0 amide bonds. The first kappa shape index (κ1) is 17.2. The highest BCUT2D eigenvalue weighted by atomic mass is 32.1. The molecule has 0 radical (unpaired) electrons. The first-order chi connectivity index (χ1) is 14.2. The average Bonchev–Trinajstić information content (AvgIpc) is 3.42. The number of rotatable bonds is 3. The minimum Gasteiger partial charge on any atom is -0.144 e. The summed E-state index contributed by atoms with van der Waals surface area (Å²) in [7, 11) is 0. The van der Waals surface area contributed by atoms with E-state index in [-0.39, 0.29) is 0 Å². The predicted octanol–water partition coefficient (Wildman–Crippen LogP) is 8.13. The van der Waals surface area contributed by atoms with Gasteiger partial charge in [0, 0.05) is 10.6 Å². The second-order valence-corrected chi connectivity index (χ2v) is 9.51. The zero-order valence-electron chi connectivity index (χ0n) is 17.0. The van der Waals surface area contributed by atoms with Gasteiger partial charge < -0.3 is 0 Å². The van der Waals surface area contributed by atoms with Crippen LogP contribution in [0, 0.1) is 6.92 Å². The van der Waals surface area contributed by atoms with Crippen molar-refractivity contribution in [1.82, 2.24) is 0 Å². The number of aryl methyl sites for hydroxylation is 1. The van der Waals surface area contributed by atoms with E-state index in [1.165, 1.54) is 49.9 Å². The second-order valence-electron chi connectivity index (χ2n) is 8.56. The fraction of sp³-hybridized carbons (Fsp3) is 0.214. The minimum absolute atomic E-state index is 0.512. The molecule has 0 unspecified atom stereocenters. The summed E-state index contributed by atoms with van der Waals surface area (Å²) in [5.74, 6) is 0.512. The maximum Gasteiger partial charge on any atom is 0.0351 e. The quantitative estimate of drug-likeness (QED) is 0.330. The van der Waals surface area contributed by atoms with Gasteiger partial charge in [0.25, 0.3) is 0 Å². The van der Waals surface area contributed by atoms with Crippen molar-refractivity contribution in [3.05, 3.63) is 99.4 Å². The van der Waals surface area contributed by atoms with E-state index in [1.54, 1.807) is 16.7 Å². The third kappa shape index (κ3) is 2.50. The molecule has 6 rings (SSSR count). The van der Waals surface area contributed by atoms with Crippen molar-refractivity contribution in [2.45, 2.75) is 39.0 Å². The Morgan fingerprint density at radius 2 is 1.55 bits per heavy atom. The SMILES string of the molecule is CC1=C(CCC2c3ccccc3-c3ccccc32)c2cc3sccc3c(C)c2C1. The molecule has 0 bridgehead atoms. The second kappa shape index (κ2) is 6.43. The van der Waals surface area contributed by atoms with Gasteiger partial charge in [-0.2, -0.15) is 0 Å². The van der Waals surface area contributed by atoms with Crippen LogP contribution in [0.4, 0.5) is 0 Å². The Kier molecular flexibility index (Phi) is 3.82. The molecule has 0 N–H and O–H groups in total. The van der Waals surface area contributed by atoms with E-state index in [4.69, 9.17) is 0 Å². The molecule has 0 fully saturated rings. The Hall–Kier alpha value is -2.64. The highest BCUT2D eigenvalue weighted by Gasteiger charge is 2.29. The first-order valence-electron chi connectivity index (χ1n) is 10.6. The third-order valence-corrected chi connectivity index (χ3v) is 7.94. The molecule has 1 heterocycles. The number of thiophene rings is 1. The van der Waals surface area contributed by atoms with Gasteiger partial charge in [-0.05, 0) is 101 Å². The molecule has 4 aromatic rings. The molecule has 29 heavy (non-hydrogen) atoms. The van der Waals surface area contributed by atoms with Gasteiger partial charge in [0.2, 0.25) is 0 Å². The molecular formula is C28H24S. The van der Waals surface area contributed by atoms with Crippen molar-refractivity contribution in [3.63, 3.8) is 0 Å². The zero-order valence-corrected chi connectivity index (χ0v) is 17.8. The van der Waals surface area contributed by atoms with Crippen LogP contribution in [0.5, 0.6) is 0 Å². The number of hydrogen-bond acceptors (Lipinski definition) is 1. The Balaban J connectivity index is 1.37. The van der Waals surface area contributed by atoms with E-state index in [0.717, 1.165) is 12.8 Å². The van der Waals surface area contributed by atoms with Crippen LogP contribution in [-0.2, 0) is 6.42 Å². The van der Waals surface area contributed by atoms with Gasteiger partial charge in [-0.15, -0.1) is 11.3 Å². The molecule has 2 aliphatic rings. The molecule has 0 aliphatic heterocycles. The molecule has 0 atom stereocenters. The third-order valence-electron chi connectivity index (χ3n) is 7.08. The van der Waals surface area contributed by atoms with Crippen molar-refractivity contribution in [1.29, 1.82) is 0 Å². The molecule has 142 valence electrons. The van der Waals surface area contributed by atoms with Gasteiger partial charge in [0.1, 0.15) is 0 Å². The lowest BCUT2D eigenvalue weighted by Gasteiger charge is -2.16. The Morgan fingerprint density at radius 1 is 0.862 bits per heavy atom. The lowest BCUT2D eigenvalue weighted by molar-refractivity contribution is 0.750. The van der Waals surface area contributed by atoms with E-state index in [0.29, 0.717) is 5.92 Å². The van der Waals surface area contributed by atoms with Crippen molar-refractivity contribution in [2.75, 3.05) is 0 Å². The van der Waals surface area contributed by atoms with Gasteiger partial charge in [-0.25, -0.2) is 0 Å². The topological polar surface area (TPSA) is 0 Å². The summed E-state index contributed by atoms with van der Waals surface area (Å²) < 4.78 is 1.44. The van der Waals surface area contributed by atoms with Crippen LogP contribution in [0.25, 0.3) is 26.8 Å². The van der Waals surface area contributed by atoms with Gasteiger partial charge in [-0.1, -0.05) is 54.1 Å². The van der Waals surface area contributed by atoms with Gasteiger partial charge >= 0.3 is 0 Å². The van der Waals surface area contributed by atoms with Crippen LogP contribution in [0.2, 0.25) is 0 Å². The average molecular weight is 393 g/mol. The molecule has 1 aromatic heterocycles. The molecule has 3 aromatic carbocycles. The monoisotopic (exact) mass is 392 g/mol. The Labute approximate surface area is 176 Å². The lowest BCUT2D eigenvalue weighted by Crippen LogP contribution is -1.98. The van der Waals surface area contributed by atoms with E-state index in [9.17, 15) is 0 Å². The zero-order chi connectivity index (χ0) is 19.5. The van der Waals surface area contributed by atoms with E-state index >= 15 is 0 Å². The highest BCUT2D eigenvalue weighted by Crippen LogP contribution is 2.49. The van der Waals surface area contributed by atoms with Crippen molar-refractivity contribution in [2.24, 2.45) is 0 Å². The first-order valence-corrected chi connectivity index (χ1v) is 11.5. The van der Waals surface area contributed by atoms with Gasteiger partial charge in [0.05, 0.1) is 0 Å². The van der Waals surface area contributed by atoms with Crippen LogP contribution < -0.4 is 0 Å². The molecule has 0 spiro atoms. The normalized spacial score (nSPS) is 15.1. The highest BCUT2D eigenvalue weighted by molar-refractivity contribution is 7.17. The predicted molar refractivity (Wildman–Crippen MR) is 126 cm³/mol. The molecule has 0 saturated carbocycles. The molecule has 1 heteroatoms. The molecule has 0 saturated heterocycles. The number of fused-ring (bicyclic) bond motifs is 5. The summed E-state index contributed by atoms with van der Waals surface area (Å²) in [5.41, 5.74) is 13.6. The van der Waals surface area contributed by atoms with Crippen LogP contribution in [0.1, 0.15) is 53.5 Å². The Morgan fingerprint density at radius 3 is 2.28 bits per heavy atom. The summed E-state index contributed by atoms with van der Waals surface area (Å²) in [6.07, 6.45) is 3.46. The van der Waals surface area contributed by atoms with Crippen molar-refractivity contribution < 1.29 is 0 Å². The summed E-state index contributed by atoms with van der Waals surface area (Å²) in [6, 6.07) is 22.8. The fourth-order valence-electron chi connectivity index (χ4n) is 5.63. The lowest BCUT2D eigenvalue weighted by atomic mass is 9.88. The standard InChI is InChI=1S/C28H24S/c1-17-15-26-18(2)20-13-14-29-28(20)16-27(26)19(17)11-12-25-23-9-5-3-7-21(23)22-8-4-6-10-24(22)25/h3-10,13-14,16,25H,11-12,15H2,1-2H3. The number of benzene rings is 3. The smallest absolute Gasteiger partial charge is 0.0351 e. The van der Waals surface area contributed by atoms with Crippen molar-refractivity contribution in [3.8, 4) is 11.1 Å². The largest absolute Gasteiger partial charge is 0.144 e. The number of allylic oxidation sites excluding steroid dienone is 2. The van der Waals surface area contributed by atoms with Crippen LogP contribution in [0.15, 0.2) is 71.6 Å². The summed E-state index contributed by atoms with van der Waals surface area (Å²) in [6.45, 7) is 4.66. The van der Waals surface area contributed by atoms with Crippen LogP contribution >= 0.6 is 11.3 Å². The van der Waals surface area contributed by atoms with E-state index in [2.05, 4.69) is 79.9 Å². The Bertz CT molecular complexity index is 1260. The summed E-state index contributed by atoms with van der Waals surface area (Å²) in [4.78, 5) is 0. The molecule has 0 nitrogen and oxygen atoms in total. The van der Waals surface area contributed by atoms with Gasteiger partial charge in [-0.3, -0.25) is 0 Å². The van der Waals surface area contributed by atoms with Crippen LogP contribution in [0.3, 0.4) is 0 Å². The summed E-state index contributed by atoms with van der Waals surface area (Å²) >= 11 is 1.87. The van der Waals surface area contributed by atoms with E-state index < -0.39 is 0 Å². The summed E-state index contributed by atoms with van der Waals surface area (Å²) in [5, 5.41) is 3.68. The fourth-order valence-corrected chi connectivity index (χ4v) is 6.52. The van der Waals surface area contributed by atoms with Crippen molar-refractivity contribution >= 4 is 27.0 Å². The van der Waals surface area contributed by atoms with Gasteiger partial charge in [0.15, 0.2) is 0 Å². The van der Waals surface area contributed by atoms with Crippen LogP contribution in [-0.4, -0.2) is 0 Å². The van der Waals surface area contributed by atoms with E-state index in [1.807, 2.05) is 11.3 Å². The minimum atomic E-state index is 0.512. The molecular weight excluding hydrogens is 368 g/mol. The molecule has 2 aliphatic carbocycles. The maximum atomic E-state index is 2.46. The maximum absolute atomic E-state index is 2.46.